The van der Waals surface area contributed by atoms with Crippen LogP contribution in [0.3, 0.4) is 0 Å². The van der Waals surface area contributed by atoms with Crippen molar-refractivity contribution >= 4 is 67.8 Å². The number of anilines is 5. The quantitative estimate of drug-likeness (QED) is 0.166. The minimum Gasteiger partial charge on any atom is -0.450 e. The molecule has 4 heterocycles. The largest absolute Gasteiger partial charge is 0.450 e. The molecule has 0 unspecified atom stereocenters. The maximum absolute atomic E-state index is 6.73. The van der Waals surface area contributed by atoms with Crippen molar-refractivity contribution in [3.05, 3.63) is 200 Å². The lowest BCUT2D eigenvalue weighted by Gasteiger charge is -2.46. The van der Waals surface area contributed by atoms with Crippen LogP contribution in [0.5, 0.6) is 46.0 Å². The second kappa shape index (κ2) is 13.0. The molecule has 0 saturated carbocycles. The van der Waals surface area contributed by atoms with E-state index in [2.05, 4.69) is 155 Å². The fourth-order valence-corrected chi connectivity index (χ4v) is 10.1. The van der Waals surface area contributed by atoms with Crippen LogP contribution < -0.4 is 39.6 Å². The van der Waals surface area contributed by atoms with Gasteiger partial charge < -0.3 is 28.7 Å². The molecule has 63 heavy (non-hydrogen) atoms. The van der Waals surface area contributed by atoms with Crippen LogP contribution in [-0.2, 0) is 0 Å². The second-order valence-electron chi connectivity index (χ2n) is 16.4. The molecule has 10 aromatic carbocycles. The van der Waals surface area contributed by atoms with E-state index >= 15 is 0 Å². The van der Waals surface area contributed by atoms with E-state index in [9.17, 15) is 0 Å². The van der Waals surface area contributed by atoms with Gasteiger partial charge in [0.25, 0.3) is 0 Å². The highest BCUT2D eigenvalue weighted by Crippen LogP contribution is 2.54. The molecule has 0 fully saturated rings. The molecule has 294 valence electrons. The zero-order chi connectivity index (χ0) is 41.2. The molecule has 0 spiro atoms. The number of hydrogen-bond acceptors (Lipinski definition) is 6. The van der Waals surface area contributed by atoms with Gasteiger partial charge in [-0.05, 0) is 122 Å². The average molecular weight is 809 g/mol. The molecular formula is C56H33BN2O4. The van der Waals surface area contributed by atoms with Gasteiger partial charge in [-0.2, -0.15) is 0 Å². The van der Waals surface area contributed by atoms with E-state index < -0.39 is 0 Å². The van der Waals surface area contributed by atoms with Crippen LogP contribution in [0.1, 0.15) is 0 Å². The molecular weight excluding hydrogens is 775 g/mol. The van der Waals surface area contributed by atoms with Gasteiger partial charge >= 0.3 is 6.85 Å². The average Bonchev–Trinajstić information content (AvgIpc) is 3.34. The molecule has 0 saturated heterocycles. The van der Waals surface area contributed by atoms with Gasteiger partial charge in [-0.25, -0.2) is 0 Å². The van der Waals surface area contributed by atoms with Crippen molar-refractivity contribution in [2.24, 2.45) is 0 Å². The first-order valence-corrected chi connectivity index (χ1v) is 21.3. The molecule has 0 aliphatic carbocycles. The Bertz CT molecular complexity index is 3550. The molecule has 14 rings (SSSR count). The molecule has 0 amide bonds. The highest BCUT2D eigenvalue weighted by atomic mass is 16.6. The summed E-state index contributed by atoms with van der Waals surface area (Å²) in [6, 6.07) is 70.4. The fraction of sp³-hybridized carbons (Fsp3) is 0. The Labute approximate surface area is 363 Å². The summed E-state index contributed by atoms with van der Waals surface area (Å²) < 4.78 is 26.3. The standard InChI is InChI=1S/C56H33BN2O4/c1-2-12-34(13-3-1)35-22-24-39(25-23-35)59-44-29-37-15-5-4-14-36(37)28-42(44)55-41-17-7-6-16-38(41)30-46-56(55)57(59)43-32-53-54(63-50-21-11-10-20-49(50)62-53)33-45(43)58(46)40-26-27-51-52(31-40)61-48-19-9-8-18-47(48)60-51/h1-33H. The third-order valence-corrected chi connectivity index (χ3v) is 12.9. The monoisotopic (exact) mass is 808 g/mol. The number of hydrogen-bond donors (Lipinski definition) is 0. The van der Waals surface area contributed by atoms with Crippen LogP contribution in [0.2, 0.25) is 0 Å². The summed E-state index contributed by atoms with van der Waals surface area (Å²) in [5.74, 6) is 5.36. The van der Waals surface area contributed by atoms with Crippen molar-refractivity contribution in [3.63, 3.8) is 0 Å². The zero-order valence-electron chi connectivity index (χ0n) is 33.7. The lowest BCUT2D eigenvalue weighted by atomic mass is 9.43. The van der Waals surface area contributed by atoms with Crippen molar-refractivity contribution < 1.29 is 18.9 Å². The summed E-state index contributed by atoms with van der Waals surface area (Å²) in [5, 5.41) is 4.72. The van der Waals surface area contributed by atoms with Gasteiger partial charge in [0.05, 0.1) is 5.69 Å². The predicted molar refractivity (Wildman–Crippen MR) is 254 cm³/mol. The van der Waals surface area contributed by atoms with Crippen molar-refractivity contribution in [1.29, 1.82) is 0 Å². The van der Waals surface area contributed by atoms with Crippen LogP contribution in [-0.4, -0.2) is 6.85 Å². The highest BCUT2D eigenvalue weighted by molar-refractivity contribution is 6.94. The maximum atomic E-state index is 6.73. The first kappa shape index (κ1) is 34.3. The van der Waals surface area contributed by atoms with E-state index in [0.717, 1.165) is 44.8 Å². The van der Waals surface area contributed by atoms with Crippen molar-refractivity contribution in [2.75, 3.05) is 9.71 Å². The Morgan fingerprint density at radius 3 is 1.59 bits per heavy atom. The Morgan fingerprint density at radius 1 is 0.349 bits per heavy atom. The zero-order valence-corrected chi connectivity index (χ0v) is 33.7. The van der Waals surface area contributed by atoms with Crippen molar-refractivity contribution in [2.45, 2.75) is 0 Å². The Hall–Kier alpha value is -8.42. The lowest BCUT2D eigenvalue weighted by molar-refractivity contribution is 0.359. The number of para-hydroxylation sites is 4. The third kappa shape index (κ3) is 5.14. The van der Waals surface area contributed by atoms with Crippen LogP contribution in [0.15, 0.2) is 200 Å². The summed E-state index contributed by atoms with van der Waals surface area (Å²) in [4.78, 5) is 4.91. The van der Waals surface area contributed by atoms with Crippen LogP contribution >= 0.6 is 0 Å². The summed E-state index contributed by atoms with van der Waals surface area (Å²) >= 11 is 0. The fourth-order valence-electron chi connectivity index (χ4n) is 10.1. The van der Waals surface area contributed by atoms with E-state index in [-0.39, 0.29) is 6.85 Å². The molecule has 4 aliphatic rings. The van der Waals surface area contributed by atoms with Crippen LogP contribution in [0.25, 0.3) is 43.8 Å². The lowest BCUT2D eigenvalue weighted by Crippen LogP contribution is -2.61. The number of ether oxygens (including phenoxy) is 4. The third-order valence-electron chi connectivity index (χ3n) is 12.9. The first-order chi connectivity index (χ1) is 31.2. The topological polar surface area (TPSA) is 43.4 Å². The Balaban J connectivity index is 1.07. The number of nitrogens with zero attached hydrogens (tertiary/aromatic N) is 2. The molecule has 0 bridgehead atoms. The number of rotatable bonds is 3. The molecule has 0 N–H and O–H groups in total. The van der Waals surface area contributed by atoms with Gasteiger partial charge in [-0.15, -0.1) is 0 Å². The molecule has 0 aromatic heterocycles. The molecule has 0 radical (unpaired) electrons. The van der Waals surface area contributed by atoms with Crippen LogP contribution in [0.4, 0.5) is 28.4 Å². The van der Waals surface area contributed by atoms with Crippen molar-refractivity contribution in [1.82, 2.24) is 0 Å². The molecule has 4 aliphatic heterocycles. The van der Waals surface area contributed by atoms with Crippen molar-refractivity contribution in [3.8, 4) is 68.2 Å². The van der Waals surface area contributed by atoms with Gasteiger partial charge in [0.15, 0.2) is 46.0 Å². The summed E-state index contributed by atoms with van der Waals surface area (Å²) in [5.41, 5.74) is 12.2. The van der Waals surface area contributed by atoms with Gasteiger partial charge in [0.1, 0.15) is 0 Å². The molecule has 7 heteroatoms. The Kier molecular flexibility index (Phi) is 7.10. The number of fused-ring (bicyclic) bond motifs is 11. The summed E-state index contributed by atoms with van der Waals surface area (Å²) in [6.07, 6.45) is 0. The summed E-state index contributed by atoms with van der Waals surface area (Å²) in [7, 11) is 0. The highest BCUT2D eigenvalue weighted by Gasteiger charge is 2.47. The Morgan fingerprint density at radius 2 is 0.873 bits per heavy atom. The van der Waals surface area contributed by atoms with Gasteiger partial charge in [-0.1, -0.05) is 115 Å². The van der Waals surface area contributed by atoms with Crippen LogP contribution in [0, 0.1) is 0 Å². The maximum Gasteiger partial charge on any atom is 0.333 e. The molecule has 6 nitrogen and oxygen atoms in total. The van der Waals surface area contributed by atoms with Gasteiger partial charge in [-0.3, -0.25) is 0 Å². The van der Waals surface area contributed by atoms with E-state index in [1.807, 2.05) is 54.6 Å². The van der Waals surface area contributed by atoms with E-state index in [1.54, 1.807) is 0 Å². The summed E-state index contributed by atoms with van der Waals surface area (Å²) in [6.45, 7) is -0.266. The van der Waals surface area contributed by atoms with Gasteiger partial charge in [0, 0.05) is 40.4 Å². The second-order valence-corrected chi connectivity index (χ2v) is 16.4. The predicted octanol–water partition coefficient (Wildman–Crippen LogP) is 14.2. The number of benzene rings is 10. The molecule has 0 atom stereocenters. The van der Waals surface area contributed by atoms with E-state index in [1.165, 1.54) is 38.3 Å². The molecule has 10 aromatic rings. The first-order valence-electron chi connectivity index (χ1n) is 21.3. The smallest absolute Gasteiger partial charge is 0.333 e. The van der Waals surface area contributed by atoms with E-state index in [0.29, 0.717) is 46.0 Å². The van der Waals surface area contributed by atoms with Gasteiger partial charge in [0.2, 0.25) is 0 Å². The minimum atomic E-state index is -0.266. The minimum absolute atomic E-state index is 0.266. The normalized spacial score (nSPS) is 13.5. The SMILES string of the molecule is c1ccc(-c2ccc(N3B4c5cc6c(cc5N(c5ccc7c(c5)Oc5ccccc5O7)c5cc7ccccc7c(c54)-c4cc5ccccc5cc43)Oc3ccccc3O6)cc2)cc1. The van der Waals surface area contributed by atoms with E-state index in [4.69, 9.17) is 18.9 Å².